The number of aliphatic hydroxyl groups is 3. The molecule has 3 atom stereocenters. The Hall–Kier alpha value is -7.81. The average Bonchev–Trinajstić information content (AvgIpc) is 1.09. The van der Waals surface area contributed by atoms with Crippen molar-refractivity contribution in [1.82, 2.24) is 35.6 Å². The lowest BCUT2D eigenvalue weighted by atomic mass is 10.1. The lowest BCUT2D eigenvalue weighted by Gasteiger charge is -2.23. The number of ether oxygens (including phenoxy) is 3. The van der Waals surface area contributed by atoms with E-state index in [0.29, 0.717) is 34.0 Å². The molecule has 0 aliphatic rings. The van der Waals surface area contributed by atoms with E-state index in [-0.39, 0.29) is 51.8 Å². The van der Waals surface area contributed by atoms with Crippen LogP contribution in [0.4, 0.5) is 34.5 Å². The number of fused-ring (bicyclic) bond motifs is 3. The van der Waals surface area contributed by atoms with Crippen LogP contribution in [0.15, 0.2) is 99.7 Å². The van der Waals surface area contributed by atoms with Crippen LogP contribution in [0.3, 0.4) is 0 Å². The molecule has 0 radical (unpaired) electrons. The van der Waals surface area contributed by atoms with E-state index in [1.54, 1.807) is 132 Å². The third-order valence-corrected chi connectivity index (χ3v) is 22.5. The topological polar surface area (TPSA) is 326 Å². The lowest BCUT2D eigenvalue weighted by molar-refractivity contribution is 0.121. The molecule has 486 valence electrons. The number of nitrogens with one attached hydrogen (secondary N) is 6. The molecule has 5 aromatic carbocycles. The summed E-state index contributed by atoms with van der Waals surface area (Å²) in [5.74, 6) is 2.69. The van der Waals surface area contributed by atoms with E-state index in [0.717, 1.165) is 66.7 Å². The molecule has 25 heteroatoms. The summed E-state index contributed by atoms with van der Waals surface area (Å²) in [5, 5.41) is 64.1. The fourth-order valence-electron chi connectivity index (χ4n) is 8.84. The Morgan fingerprint density at radius 1 is 0.444 bits per heavy atom. The van der Waals surface area contributed by atoms with Crippen molar-refractivity contribution >= 4 is 96.5 Å². The summed E-state index contributed by atoms with van der Waals surface area (Å²) in [4.78, 5) is 4.65. The van der Waals surface area contributed by atoms with Crippen LogP contribution < -0.4 is 30.2 Å². The second-order valence-corrected chi connectivity index (χ2v) is 33.5. The molecule has 9 aromatic rings. The fourth-order valence-corrected chi connectivity index (χ4v) is 12.8. The zero-order valence-corrected chi connectivity index (χ0v) is 56.9. The van der Waals surface area contributed by atoms with E-state index in [4.69, 9.17) is 14.2 Å². The second-order valence-electron chi connectivity index (χ2n) is 25.5. The molecule has 0 bridgehead atoms. The number of aryl methyl sites for hydroxylation is 3. The third-order valence-electron chi connectivity index (χ3n) is 14.9. The molecule has 1 unspecified atom stereocenters. The summed E-state index contributed by atoms with van der Waals surface area (Å²) in [7, 11) is -11.1. The molecule has 9 rings (SSSR count). The number of H-pyrrole nitrogens is 3. The molecule has 4 heterocycles. The fraction of sp³-hybridized carbons (Fsp3) is 0.415. The Morgan fingerprint density at radius 2 is 0.744 bits per heavy atom. The summed E-state index contributed by atoms with van der Waals surface area (Å²) in [6.07, 6.45) is -0.539. The van der Waals surface area contributed by atoms with Gasteiger partial charge in [0.05, 0.1) is 43.8 Å². The summed E-state index contributed by atoms with van der Waals surface area (Å²) in [6, 6.07) is 23.0. The minimum Gasteiger partial charge on any atom is -0.490 e. The van der Waals surface area contributed by atoms with Gasteiger partial charge in [0, 0.05) is 73.6 Å². The molecule has 9 N–H and O–H groups in total. The van der Waals surface area contributed by atoms with Crippen LogP contribution >= 0.6 is 0 Å². The summed E-state index contributed by atoms with van der Waals surface area (Å²) in [5.41, 5.74) is 8.56. The van der Waals surface area contributed by atoms with Crippen LogP contribution in [0.2, 0.25) is 0 Å². The molecular weight excluding hydrogens is 1210 g/mol. The molecule has 0 saturated carbocycles. The lowest BCUT2D eigenvalue weighted by Crippen LogP contribution is -2.28. The van der Waals surface area contributed by atoms with E-state index >= 15 is 0 Å². The summed E-state index contributed by atoms with van der Waals surface area (Å²) < 4.78 is 93.8. The van der Waals surface area contributed by atoms with E-state index in [1.165, 1.54) is 0 Å². The zero-order chi connectivity index (χ0) is 66.8. The molecule has 0 fully saturated rings. The first-order valence-corrected chi connectivity index (χ1v) is 33.8. The number of sulfone groups is 3. The van der Waals surface area contributed by atoms with Crippen LogP contribution in [-0.4, -0.2) is 129 Å². The van der Waals surface area contributed by atoms with Crippen LogP contribution in [0, 0.1) is 41.5 Å². The number of rotatable bonds is 18. The van der Waals surface area contributed by atoms with Crippen LogP contribution in [0.5, 0.6) is 17.2 Å². The smallest absolute Gasteiger partial charge is 0.186 e. The molecule has 22 nitrogen and oxygen atoms in total. The van der Waals surface area contributed by atoms with Gasteiger partial charge in [-0.15, -0.1) is 0 Å². The van der Waals surface area contributed by atoms with Crippen molar-refractivity contribution in [3.05, 3.63) is 119 Å². The van der Waals surface area contributed by atoms with Crippen LogP contribution in [0.25, 0.3) is 32.4 Å². The number of anilines is 6. The molecule has 0 aliphatic heterocycles. The Labute approximate surface area is 527 Å². The average molecular weight is 1300 g/mol. The van der Waals surface area contributed by atoms with Gasteiger partial charge in [0.15, 0.2) is 47.0 Å². The van der Waals surface area contributed by atoms with E-state index in [1.807, 2.05) is 77.9 Å². The van der Waals surface area contributed by atoms with Gasteiger partial charge in [-0.2, -0.15) is 15.3 Å². The van der Waals surface area contributed by atoms with Crippen molar-refractivity contribution in [2.75, 3.05) is 35.8 Å². The van der Waals surface area contributed by atoms with Gasteiger partial charge < -0.3 is 45.5 Å². The Kier molecular flexibility index (Phi) is 20.9. The van der Waals surface area contributed by atoms with Crippen LogP contribution in [0.1, 0.15) is 117 Å². The second kappa shape index (κ2) is 26.9. The number of aliphatic hydroxyl groups excluding tert-OH is 3. The molecule has 90 heavy (non-hydrogen) atoms. The van der Waals surface area contributed by atoms with Gasteiger partial charge in [-0.05, 0) is 184 Å². The standard InChI is InChI=1S/2C22H29N3O4S.C21H28N4O4S/c2*1-13(26)12-29-19-10-16-8-7-9-18(23-21-14(2)15(3)24-25-21)17(16)11-20(19)30(27,28)22(4,5)6;1-12(26)11-29-18-10-17-15(9-19(18)30(27,28)21(4,5)6)16(7-8-22-17)23-20-13(2)14(3)24-25-20/h2*7-11,13,26H,12H2,1-6H3,(H2,23,24,25);7-10,12,26H,11H2,1-6H3,(H2,22,23,24,25)/t2*13-;/m10./s1. The highest BCUT2D eigenvalue weighted by Gasteiger charge is 2.37. The van der Waals surface area contributed by atoms with Gasteiger partial charge in [-0.3, -0.25) is 20.3 Å². The maximum absolute atomic E-state index is 13.3. The van der Waals surface area contributed by atoms with E-state index < -0.39 is 62.1 Å². The van der Waals surface area contributed by atoms with Crippen molar-refractivity contribution < 1.29 is 54.8 Å². The van der Waals surface area contributed by atoms with Gasteiger partial charge in [0.2, 0.25) is 0 Å². The van der Waals surface area contributed by atoms with Crippen LogP contribution in [-0.2, 0) is 29.5 Å². The number of aromatic amines is 3. The van der Waals surface area contributed by atoms with E-state index in [2.05, 4.69) is 51.5 Å². The van der Waals surface area contributed by atoms with E-state index in [9.17, 15) is 40.6 Å². The van der Waals surface area contributed by atoms with Crippen molar-refractivity contribution in [2.45, 2.75) is 172 Å². The largest absolute Gasteiger partial charge is 0.490 e. The Morgan fingerprint density at radius 3 is 1.03 bits per heavy atom. The molecular formula is C65H86N10O12S3. The monoisotopic (exact) mass is 1290 g/mol. The maximum Gasteiger partial charge on any atom is 0.186 e. The number of benzene rings is 5. The first-order chi connectivity index (χ1) is 41.7. The Balaban J connectivity index is 0.000000192. The molecule has 0 amide bonds. The van der Waals surface area contributed by atoms with Crippen molar-refractivity contribution in [1.29, 1.82) is 0 Å². The minimum absolute atomic E-state index is 0.00184. The van der Waals surface area contributed by atoms with Gasteiger partial charge in [0.25, 0.3) is 0 Å². The predicted molar refractivity (Wildman–Crippen MR) is 356 cm³/mol. The molecule has 0 saturated heterocycles. The number of aromatic nitrogens is 7. The highest BCUT2D eigenvalue weighted by molar-refractivity contribution is 7.93. The molecule has 0 spiro atoms. The zero-order valence-electron chi connectivity index (χ0n) is 54.5. The van der Waals surface area contributed by atoms with Gasteiger partial charge in [-0.1, -0.05) is 24.3 Å². The summed E-state index contributed by atoms with van der Waals surface area (Å²) in [6.45, 7) is 31.3. The third kappa shape index (κ3) is 15.3. The quantitative estimate of drug-likeness (QED) is 0.0385. The van der Waals surface area contributed by atoms with Crippen molar-refractivity contribution in [3.63, 3.8) is 0 Å². The first kappa shape index (κ1) is 69.7. The molecule has 4 aromatic heterocycles. The SMILES string of the molecule is Cc1[nH]nc(Nc2cccc3cc(OC[C@@H](C)O)c(S(=O)(=O)C(C)(C)C)cc23)c1C.Cc1[nH]nc(Nc2cccc3cc(OC[C@H](C)O)c(S(=O)(=O)C(C)(C)C)cc23)c1C.Cc1[nH]nc(Nc2ccnc3cc(OCC(C)O)c(S(=O)(=O)C(C)(C)C)cc23)c1C. The molecule has 0 aliphatic carbocycles. The highest BCUT2D eigenvalue weighted by Crippen LogP contribution is 2.42. The number of hydrogen-bond acceptors (Lipinski definition) is 19. The number of nitrogens with zero attached hydrogens (tertiary/aromatic N) is 4. The maximum atomic E-state index is 13.3. The Bertz CT molecular complexity index is 3970. The van der Waals surface area contributed by atoms with Gasteiger partial charge in [-0.25, -0.2) is 25.3 Å². The predicted octanol–water partition coefficient (Wildman–Crippen LogP) is 12.2. The number of pyridine rings is 1. The van der Waals surface area contributed by atoms with Gasteiger partial charge in [0.1, 0.15) is 51.8 Å². The van der Waals surface area contributed by atoms with Crippen molar-refractivity contribution in [3.8, 4) is 17.2 Å². The van der Waals surface area contributed by atoms with Gasteiger partial charge >= 0.3 is 0 Å². The summed E-state index contributed by atoms with van der Waals surface area (Å²) >= 11 is 0. The minimum atomic E-state index is -3.72. The van der Waals surface area contributed by atoms with Crippen molar-refractivity contribution in [2.24, 2.45) is 0 Å². The first-order valence-electron chi connectivity index (χ1n) is 29.3. The number of hydrogen-bond donors (Lipinski definition) is 9. The highest BCUT2D eigenvalue weighted by atomic mass is 32.2. The normalized spacial score (nSPS) is 13.4.